The van der Waals surface area contributed by atoms with Gasteiger partial charge in [0.25, 0.3) is 0 Å². The van der Waals surface area contributed by atoms with Crippen LogP contribution in [0.1, 0.15) is 16.8 Å². The van der Waals surface area contributed by atoms with E-state index in [4.69, 9.17) is 16.1 Å². The standard InChI is InChI=1S/C19H17ClN2O2/c1-12-4-3-5-17(13(12)2)21-19(23)11-16-10-18(24-22-16)14-6-8-15(20)9-7-14/h3-10H,11H2,1-2H3,(H,21,23). The highest BCUT2D eigenvalue weighted by Crippen LogP contribution is 2.23. The number of rotatable bonds is 4. The van der Waals surface area contributed by atoms with E-state index in [1.54, 1.807) is 18.2 Å². The van der Waals surface area contributed by atoms with Gasteiger partial charge in [-0.3, -0.25) is 4.79 Å². The Kier molecular flexibility index (Phi) is 4.67. The second-order valence-corrected chi connectivity index (χ2v) is 6.10. The van der Waals surface area contributed by atoms with Crippen molar-refractivity contribution in [3.05, 3.63) is 70.4 Å². The minimum absolute atomic E-state index is 0.125. The smallest absolute Gasteiger partial charge is 0.230 e. The summed E-state index contributed by atoms with van der Waals surface area (Å²) in [5.74, 6) is 0.487. The first-order chi connectivity index (χ1) is 11.5. The molecular weight excluding hydrogens is 324 g/mol. The maximum atomic E-state index is 12.2. The molecule has 0 aliphatic heterocycles. The summed E-state index contributed by atoms with van der Waals surface area (Å²) >= 11 is 5.87. The van der Waals surface area contributed by atoms with Gasteiger partial charge in [0.15, 0.2) is 5.76 Å². The zero-order chi connectivity index (χ0) is 17.1. The second-order valence-electron chi connectivity index (χ2n) is 5.66. The summed E-state index contributed by atoms with van der Waals surface area (Å²) < 4.78 is 5.31. The van der Waals surface area contributed by atoms with E-state index >= 15 is 0 Å². The maximum absolute atomic E-state index is 12.2. The molecule has 0 saturated heterocycles. The highest BCUT2D eigenvalue weighted by molar-refractivity contribution is 6.30. The van der Waals surface area contributed by atoms with Crippen molar-refractivity contribution < 1.29 is 9.32 Å². The molecule has 122 valence electrons. The summed E-state index contributed by atoms with van der Waals surface area (Å²) in [4.78, 5) is 12.2. The third-order valence-corrected chi connectivity index (χ3v) is 4.16. The zero-order valence-electron chi connectivity index (χ0n) is 13.5. The number of aryl methyl sites for hydroxylation is 1. The summed E-state index contributed by atoms with van der Waals surface area (Å²) in [6, 6.07) is 14.9. The number of nitrogens with one attached hydrogen (secondary N) is 1. The fourth-order valence-electron chi connectivity index (χ4n) is 2.39. The van der Waals surface area contributed by atoms with E-state index in [1.165, 1.54) is 0 Å². The van der Waals surface area contributed by atoms with Crippen molar-refractivity contribution in [2.75, 3.05) is 5.32 Å². The van der Waals surface area contributed by atoms with Crippen molar-refractivity contribution in [1.82, 2.24) is 5.16 Å². The quantitative estimate of drug-likeness (QED) is 0.742. The van der Waals surface area contributed by atoms with Crippen LogP contribution in [0.15, 0.2) is 53.1 Å². The molecule has 3 aromatic rings. The fraction of sp³-hybridized carbons (Fsp3) is 0.158. The van der Waals surface area contributed by atoms with Gasteiger partial charge >= 0.3 is 0 Å². The van der Waals surface area contributed by atoms with Crippen molar-refractivity contribution in [1.29, 1.82) is 0 Å². The van der Waals surface area contributed by atoms with E-state index < -0.39 is 0 Å². The Morgan fingerprint density at radius 2 is 1.92 bits per heavy atom. The lowest BCUT2D eigenvalue weighted by Gasteiger charge is -2.09. The molecule has 0 saturated carbocycles. The summed E-state index contributed by atoms with van der Waals surface area (Å²) in [6.07, 6.45) is 0.157. The molecule has 0 atom stereocenters. The van der Waals surface area contributed by atoms with Crippen molar-refractivity contribution in [3.8, 4) is 11.3 Å². The molecule has 1 amide bonds. The van der Waals surface area contributed by atoms with Crippen LogP contribution in [0.4, 0.5) is 5.69 Å². The van der Waals surface area contributed by atoms with Crippen LogP contribution in [0.25, 0.3) is 11.3 Å². The third kappa shape index (κ3) is 3.66. The predicted octanol–water partition coefficient (Wildman–Crippen LogP) is 4.79. The number of anilines is 1. The zero-order valence-corrected chi connectivity index (χ0v) is 14.2. The lowest BCUT2D eigenvalue weighted by atomic mass is 10.1. The van der Waals surface area contributed by atoms with E-state index in [-0.39, 0.29) is 12.3 Å². The molecule has 0 spiro atoms. The molecule has 3 rings (SSSR count). The van der Waals surface area contributed by atoms with Crippen LogP contribution in [-0.2, 0) is 11.2 Å². The van der Waals surface area contributed by atoms with Crippen molar-refractivity contribution in [2.24, 2.45) is 0 Å². The molecule has 1 N–H and O–H groups in total. The van der Waals surface area contributed by atoms with Gasteiger partial charge in [0.2, 0.25) is 5.91 Å². The topological polar surface area (TPSA) is 55.1 Å². The molecule has 0 unspecified atom stereocenters. The molecule has 4 nitrogen and oxygen atoms in total. The lowest BCUT2D eigenvalue weighted by Crippen LogP contribution is -2.15. The Hall–Kier alpha value is -2.59. The molecule has 24 heavy (non-hydrogen) atoms. The van der Waals surface area contributed by atoms with Crippen molar-refractivity contribution in [3.63, 3.8) is 0 Å². The predicted molar refractivity (Wildman–Crippen MR) is 95.2 cm³/mol. The molecule has 0 radical (unpaired) electrons. The molecule has 0 aliphatic rings. The van der Waals surface area contributed by atoms with Gasteiger partial charge in [0.1, 0.15) is 0 Å². The van der Waals surface area contributed by atoms with Crippen LogP contribution >= 0.6 is 11.6 Å². The van der Waals surface area contributed by atoms with Crippen molar-refractivity contribution in [2.45, 2.75) is 20.3 Å². The largest absolute Gasteiger partial charge is 0.356 e. The number of amides is 1. The first-order valence-corrected chi connectivity index (χ1v) is 7.98. The summed E-state index contributed by atoms with van der Waals surface area (Å²) in [6.45, 7) is 4.00. The van der Waals surface area contributed by atoms with Crippen LogP contribution in [0.3, 0.4) is 0 Å². The van der Waals surface area contributed by atoms with Crippen LogP contribution in [0.5, 0.6) is 0 Å². The second kappa shape index (κ2) is 6.89. The van der Waals surface area contributed by atoms with E-state index in [0.717, 1.165) is 22.4 Å². The lowest BCUT2D eigenvalue weighted by molar-refractivity contribution is -0.115. The van der Waals surface area contributed by atoms with Gasteiger partial charge in [-0.1, -0.05) is 28.9 Å². The number of carbonyl (C=O) groups is 1. The molecule has 0 bridgehead atoms. The Bertz CT molecular complexity index is 869. The van der Waals surface area contributed by atoms with Gasteiger partial charge in [-0.15, -0.1) is 0 Å². The minimum Gasteiger partial charge on any atom is -0.356 e. The van der Waals surface area contributed by atoms with Crippen LogP contribution in [-0.4, -0.2) is 11.1 Å². The van der Waals surface area contributed by atoms with Gasteiger partial charge in [-0.25, -0.2) is 0 Å². The van der Waals surface area contributed by atoms with Gasteiger partial charge in [-0.05, 0) is 55.3 Å². The fourth-order valence-corrected chi connectivity index (χ4v) is 2.52. The first kappa shape index (κ1) is 16.3. The number of halogens is 1. The first-order valence-electron chi connectivity index (χ1n) is 7.60. The molecular formula is C19H17ClN2O2. The summed E-state index contributed by atoms with van der Waals surface area (Å²) in [5, 5.41) is 7.54. The van der Waals surface area contributed by atoms with E-state index in [1.807, 2.05) is 44.2 Å². The number of hydrogen-bond donors (Lipinski definition) is 1. The Labute approximate surface area is 145 Å². The SMILES string of the molecule is Cc1cccc(NC(=O)Cc2cc(-c3ccc(Cl)cc3)on2)c1C. The normalized spacial score (nSPS) is 10.6. The molecule has 5 heteroatoms. The highest BCUT2D eigenvalue weighted by atomic mass is 35.5. The molecule has 1 heterocycles. The van der Waals surface area contributed by atoms with Gasteiger partial charge in [0.05, 0.1) is 12.1 Å². The number of aromatic nitrogens is 1. The molecule has 0 fully saturated rings. The maximum Gasteiger partial charge on any atom is 0.230 e. The number of carbonyl (C=O) groups excluding carboxylic acids is 1. The van der Waals surface area contributed by atoms with Crippen LogP contribution < -0.4 is 5.32 Å². The van der Waals surface area contributed by atoms with Gasteiger partial charge in [0, 0.05) is 22.3 Å². The number of nitrogens with zero attached hydrogens (tertiary/aromatic N) is 1. The molecule has 1 aromatic heterocycles. The van der Waals surface area contributed by atoms with E-state index in [9.17, 15) is 4.79 Å². The minimum atomic E-state index is -0.125. The van der Waals surface area contributed by atoms with E-state index in [0.29, 0.717) is 16.5 Å². The van der Waals surface area contributed by atoms with Crippen molar-refractivity contribution >= 4 is 23.2 Å². The Balaban J connectivity index is 1.69. The Morgan fingerprint density at radius 1 is 1.17 bits per heavy atom. The van der Waals surface area contributed by atoms with Crippen LogP contribution in [0, 0.1) is 13.8 Å². The summed E-state index contributed by atoms with van der Waals surface area (Å²) in [7, 11) is 0. The molecule has 0 aliphatic carbocycles. The average Bonchev–Trinajstić information content (AvgIpc) is 3.01. The monoisotopic (exact) mass is 340 g/mol. The highest BCUT2D eigenvalue weighted by Gasteiger charge is 2.12. The Morgan fingerprint density at radius 3 is 2.67 bits per heavy atom. The van der Waals surface area contributed by atoms with Crippen LogP contribution in [0.2, 0.25) is 5.02 Å². The van der Waals surface area contributed by atoms with E-state index in [2.05, 4.69) is 10.5 Å². The third-order valence-electron chi connectivity index (χ3n) is 3.91. The number of benzene rings is 2. The average molecular weight is 341 g/mol. The molecule has 2 aromatic carbocycles. The summed E-state index contributed by atoms with van der Waals surface area (Å²) in [5.41, 5.74) is 4.48. The van der Waals surface area contributed by atoms with Gasteiger partial charge in [-0.2, -0.15) is 0 Å². The number of hydrogen-bond acceptors (Lipinski definition) is 3. The van der Waals surface area contributed by atoms with Gasteiger partial charge < -0.3 is 9.84 Å².